The smallest absolute Gasteiger partial charge is 0.107 e. The van der Waals surface area contributed by atoms with Crippen molar-refractivity contribution in [1.29, 1.82) is 0 Å². The van der Waals surface area contributed by atoms with Gasteiger partial charge in [0.25, 0.3) is 0 Å². The first-order chi connectivity index (χ1) is 9.21. The highest BCUT2D eigenvalue weighted by atomic mass is 32.1. The minimum atomic E-state index is 0.564. The van der Waals surface area contributed by atoms with Crippen molar-refractivity contribution in [2.75, 3.05) is 26.8 Å². The fraction of sp³-hybridized carbons (Fsp3) is 0.786. The van der Waals surface area contributed by atoms with E-state index in [4.69, 9.17) is 4.74 Å². The van der Waals surface area contributed by atoms with Gasteiger partial charge in [0.05, 0.1) is 12.3 Å². The molecule has 0 aromatic carbocycles. The zero-order valence-electron chi connectivity index (χ0n) is 12.6. The summed E-state index contributed by atoms with van der Waals surface area (Å²) >= 11 is 1.74. The largest absolute Gasteiger partial charge is 0.383 e. The Bertz CT molecular complexity index is 343. The van der Waals surface area contributed by atoms with E-state index < -0.39 is 0 Å². The predicted molar refractivity (Wildman–Crippen MR) is 81.5 cm³/mol. The molecule has 19 heavy (non-hydrogen) atoms. The number of hydrogen-bond acceptors (Lipinski definition) is 5. The molecule has 0 aliphatic heterocycles. The normalized spacial score (nSPS) is 13.1. The second kappa shape index (κ2) is 9.42. The number of nitrogens with zero attached hydrogens (tertiary/aromatic N) is 2. The van der Waals surface area contributed by atoms with Gasteiger partial charge in [-0.05, 0) is 19.9 Å². The van der Waals surface area contributed by atoms with Crippen LogP contribution in [0.5, 0.6) is 0 Å². The van der Waals surface area contributed by atoms with Crippen molar-refractivity contribution < 1.29 is 4.74 Å². The molecule has 5 heteroatoms. The molecule has 0 spiro atoms. The number of ether oxygens (including phenoxy) is 1. The van der Waals surface area contributed by atoms with Crippen LogP contribution in [0.15, 0.2) is 5.38 Å². The Morgan fingerprint density at radius 1 is 1.47 bits per heavy atom. The van der Waals surface area contributed by atoms with E-state index in [1.165, 1.54) is 10.7 Å². The Hall–Kier alpha value is -0.490. The topological polar surface area (TPSA) is 37.4 Å². The van der Waals surface area contributed by atoms with E-state index in [-0.39, 0.29) is 0 Å². The molecule has 1 atom stereocenters. The molecule has 0 fully saturated rings. The quantitative estimate of drug-likeness (QED) is 0.717. The van der Waals surface area contributed by atoms with Gasteiger partial charge >= 0.3 is 0 Å². The maximum absolute atomic E-state index is 5.19. The fourth-order valence-electron chi connectivity index (χ4n) is 1.86. The molecule has 4 nitrogen and oxygen atoms in total. The van der Waals surface area contributed by atoms with Crippen molar-refractivity contribution in [3.63, 3.8) is 0 Å². The summed E-state index contributed by atoms with van der Waals surface area (Å²) in [5, 5.41) is 6.66. The third-order valence-corrected chi connectivity index (χ3v) is 4.19. The molecule has 0 bridgehead atoms. The third-order valence-electron chi connectivity index (χ3n) is 3.29. The van der Waals surface area contributed by atoms with Crippen LogP contribution in [-0.4, -0.2) is 42.7 Å². The fourth-order valence-corrected chi connectivity index (χ4v) is 2.62. The molecule has 0 saturated heterocycles. The van der Waals surface area contributed by atoms with Crippen LogP contribution in [0, 0.1) is 0 Å². The molecule has 1 rings (SSSR count). The lowest BCUT2D eigenvalue weighted by molar-refractivity contribution is 0.117. The minimum Gasteiger partial charge on any atom is -0.383 e. The molecular formula is C14H27N3OS. The van der Waals surface area contributed by atoms with Crippen LogP contribution >= 0.6 is 11.3 Å². The van der Waals surface area contributed by atoms with E-state index in [0.29, 0.717) is 6.04 Å². The summed E-state index contributed by atoms with van der Waals surface area (Å²) in [5.74, 6) is 0. The monoisotopic (exact) mass is 285 g/mol. The number of thiazole rings is 1. The van der Waals surface area contributed by atoms with Crippen molar-refractivity contribution in [3.05, 3.63) is 16.1 Å². The predicted octanol–water partition coefficient (Wildman–Crippen LogP) is 2.50. The van der Waals surface area contributed by atoms with Crippen LogP contribution in [-0.2, 0) is 17.8 Å². The van der Waals surface area contributed by atoms with Gasteiger partial charge in [0.15, 0.2) is 0 Å². The van der Waals surface area contributed by atoms with Crippen molar-refractivity contribution in [1.82, 2.24) is 15.2 Å². The Morgan fingerprint density at radius 2 is 2.26 bits per heavy atom. The molecule has 0 amide bonds. The Kier molecular flexibility index (Phi) is 8.21. The van der Waals surface area contributed by atoms with Gasteiger partial charge in [-0.2, -0.15) is 0 Å². The number of hydrogen-bond donors (Lipinski definition) is 1. The van der Waals surface area contributed by atoms with Crippen molar-refractivity contribution in [3.8, 4) is 0 Å². The van der Waals surface area contributed by atoms with Gasteiger partial charge in [-0.3, -0.25) is 4.90 Å². The maximum Gasteiger partial charge on any atom is 0.107 e. The molecule has 110 valence electrons. The molecule has 1 aromatic rings. The standard InChI is InChI=1S/C14H27N3OS/c1-5-12(3)17(7-8-18-4)10-13-11-19-14(16-13)9-15-6-2/h11-12,15H,5-10H2,1-4H3. The zero-order chi connectivity index (χ0) is 14.1. The van der Waals surface area contributed by atoms with E-state index in [9.17, 15) is 0 Å². The van der Waals surface area contributed by atoms with Gasteiger partial charge < -0.3 is 10.1 Å². The molecule has 1 N–H and O–H groups in total. The second-order valence-corrected chi connectivity index (χ2v) is 5.68. The van der Waals surface area contributed by atoms with E-state index >= 15 is 0 Å². The summed E-state index contributed by atoms with van der Waals surface area (Å²) in [6.07, 6.45) is 1.15. The summed E-state index contributed by atoms with van der Waals surface area (Å²) in [6.45, 7) is 11.1. The highest BCUT2D eigenvalue weighted by Crippen LogP contribution is 2.14. The van der Waals surface area contributed by atoms with E-state index in [0.717, 1.165) is 39.2 Å². The Balaban J connectivity index is 2.54. The highest BCUT2D eigenvalue weighted by molar-refractivity contribution is 7.09. The molecule has 0 aliphatic rings. The summed E-state index contributed by atoms with van der Waals surface area (Å²) < 4.78 is 5.19. The van der Waals surface area contributed by atoms with Gasteiger partial charge in [0, 0.05) is 38.2 Å². The molecule has 1 aromatic heterocycles. The van der Waals surface area contributed by atoms with Crippen LogP contribution in [0.3, 0.4) is 0 Å². The van der Waals surface area contributed by atoms with Crippen LogP contribution in [0.25, 0.3) is 0 Å². The first-order valence-corrected chi connectivity index (χ1v) is 7.96. The maximum atomic E-state index is 5.19. The average molecular weight is 285 g/mol. The summed E-state index contributed by atoms with van der Waals surface area (Å²) in [4.78, 5) is 7.13. The first kappa shape index (κ1) is 16.6. The molecule has 1 unspecified atom stereocenters. The second-order valence-electron chi connectivity index (χ2n) is 4.73. The van der Waals surface area contributed by atoms with Gasteiger partial charge in [-0.1, -0.05) is 13.8 Å². The summed E-state index contributed by atoms with van der Waals surface area (Å²) in [7, 11) is 1.76. The lowest BCUT2D eigenvalue weighted by Crippen LogP contribution is -2.35. The molecular weight excluding hydrogens is 258 g/mol. The number of rotatable bonds is 10. The Morgan fingerprint density at radius 3 is 2.89 bits per heavy atom. The lowest BCUT2D eigenvalue weighted by atomic mass is 10.2. The summed E-state index contributed by atoms with van der Waals surface area (Å²) in [5.41, 5.74) is 1.18. The molecule has 1 heterocycles. The zero-order valence-corrected chi connectivity index (χ0v) is 13.4. The Labute approximate surface area is 121 Å². The molecule has 0 radical (unpaired) electrons. The minimum absolute atomic E-state index is 0.564. The van der Waals surface area contributed by atoms with E-state index in [2.05, 4.69) is 41.4 Å². The number of methoxy groups -OCH3 is 1. The average Bonchev–Trinajstić information content (AvgIpc) is 2.87. The van der Waals surface area contributed by atoms with Gasteiger partial charge in [-0.15, -0.1) is 11.3 Å². The van der Waals surface area contributed by atoms with Crippen LogP contribution in [0.1, 0.15) is 37.9 Å². The number of nitrogens with one attached hydrogen (secondary N) is 1. The lowest BCUT2D eigenvalue weighted by Gasteiger charge is -2.27. The first-order valence-electron chi connectivity index (χ1n) is 7.08. The summed E-state index contributed by atoms with van der Waals surface area (Å²) in [6, 6.07) is 0.564. The molecule has 0 aliphatic carbocycles. The van der Waals surface area contributed by atoms with Gasteiger partial charge in [-0.25, -0.2) is 4.98 Å². The van der Waals surface area contributed by atoms with Crippen molar-refractivity contribution >= 4 is 11.3 Å². The van der Waals surface area contributed by atoms with Crippen LogP contribution in [0.2, 0.25) is 0 Å². The third kappa shape index (κ3) is 5.99. The van der Waals surface area contributed by atoms with E-state index in [1.54, 1.807) is 18.4 Å². The number of aromatic nitrogens is 1. The van der Waals surface area contributed by atoms with Gasteiger partial charge in [0.2, 0.25) is 0 Å². The van der Waals surface area contributed by atoms with Crippen LogP contribution < -0.4 is 5.32 Å². The van der Waals surface area contributed by atoms with Crippen molar-refractivity contribution in [2.45, 2.75) is 46.3 Å². The SMILES string of the molecule is CCNCc1nc(CN(CCOC)C(C)CC)cs1. The highest BCUT2D eigenvalue weighted by Gasteiger charge is 2.14. The molecule has 0 saturated carbocycles. The van der Waals surface area contributed by atoms with Gasteiger partial charge in [0.1, 0.15) is 5.01 Å². The van der Waals surface area contributed by atoms with Crippen molar-refractivity contribution in [2.24, 2.45) is 0 Å². The van der Waals surface area contributed by atoms with E-state index in [1.807, 2.05) is 0 Å². The van der Waals surface area contributed by atoms with Crippen LogP contribution in [0.4, 0.5) is 0 Å².